The molecule has 1 spiro atoms. The molecule has 2 aliphatic heterocycles. The Morgan fingerprint density at radius 1 is 1.10 bits per heavy atom. The second-order valence-corrected chi connectivity index (χ2v) is 9.91. The van der Waals surface area contributed by atoms with Gasteiger partial charge < -0.3 is 14.5 Å². The van der Waals surface area contributed by atoms with Crippen LogP contribution in [0.5, 0.6) is 5.75 Å². The van der Waals surface area contributed by atoms with Crippen molar-refractivity contribution < 1.29 is 9.53 Å². The van der Waals surface area contributed by atoms with Gasteiger partial charge in [-0.3, -0.25) is 9.69 Å². The zero-order valence-electron chi connectivity index (χ0n) is 20.1. The van der Waals surface area contributed by atoms with Crippen LogP contribution in [0.25, 0.3) is 0 Å². The Kier molecular flexibility index (Phi) is 9.21. The smallest absolute Gasteiger partial charge is 0.236 e. The number of fused-ring (bicyclic) bond motifs is 1. The number of carbonyl (C=O) groups excluding carboxylic acids is 1. The Bertz CT molecular complexity index is 683. The average Bonchev–Trinajstić information content (AvgIpc) is 2.75. The fraction of sp³-hybridized carbons (Fsp3) is 0.731. The van der Waals surface area contributed by atoms with E-state index in [0.717, 1.165) is 64.3 Å². The van der Waals surface area contributed by atoms with Gasteiger partial charge in [-0.1, -0.05) is 38.0 Å². The normalized spacial score (nSPS) is 20.6. The second-order valence-electron chi connectivity index (χ2n) is 9.91. The molecule has 0 aliphatic carbocycles. The van der Waals surface area contributed by atoms with Gasteiger partial charge in [0.15, 0.2) is 0 Å². The standard InChI is InChI=1S/C26H43N3O2/c1-4-5-16-28-19-20-31-24-12-7-6-10-23(24)11-8-9-13-26(22-28)14-17-29(18-15-26)25(30)21-27(2)3/h6-7,10,12H,4-5,8-9,11,13-22H2,1-3H3. The third kappa shape index (κ3) is 7.21. The quantitative estimate of drug-likeness (QED) is 0.707. The third-order valence-electron chi connectivity index (χ3n) is 7.06. The lowest BCUT2D eigenvalue weighted by Gasteiger charge is -2.45. The maximum Gasteiger partial charge on any atom is 0.236 e. The van der Waals surface area contributed by atoms with Crippen molar-refractivity contribution in [2.45, 2.75) is 58.3 Å². The lowest BCUT2D eigenvalue weighted by molar-refractivity contribution is -0.134. The lowest BCUT2D eigenvalue weighted by atomic mass is 9.73. The Morgan fingerprint density at radius 3 is 2.61 bits per heavy atom. The second kappa shape index (κ2) is 11.9. The zero-order chi connectivity index (χ0) is 22.1. The summed E-state index contributed by atoms with van der Waals surface area (Å²) >= 11 is 0. The van der Waals surface area contributed by atoms with Crippen molar-refractivity contribution in [1.29, 1.82) is 0 Å². The van der Waals surface area contributed by atoms with E-state index >= 15 is 0 Å². The first-order valence-corrected chi connectivity index (χ1v) is 12.4. The van der Waals surface area contributed by atoms with Crippen LogP contribution in [0.1, 0.15) is 57.4 Å². The molecule has 174 valence electrons. The minimum atomic E-state index is 0.279. The predicted molar refractivity (Wildman–Crippen MR) is 128 cm³/mol. The summed E-state index contributed by atoms with van der Waals surface area (Å²) in [6.07, 6.45) is 9.55. The Morgan fingerprint density at radius 2 is 1.87 bits per heavy atom. The Hall–Kier alpha value is -1.59. The van der Waals surface area contributed by atoms with Gasteiger partial charge in [-0.15, -0.1) is 0 Å². The number of hydrogen-bond donors (Lipinski definition) is 0. The monoisotopic (exact) mass is 429 g/mol. The van der Waals surface area contributed by atoms with Gasteiger partial charge >= 0.3 is 0 Å². The summed E-state index contributed by atoms with van der Waals surface area (Å²) in [6.45, 7) is 8.64. The molecule has 1 amide bonds. The summed E-state index contributed by atoms with van der Waals surface area (Å²) in [4.78, 5) is 19.3. The van der Waals surface area contributed by atoms with Crippen LogP contribution in [0, 0.1) is 5.41 Å². The molecule has 0 N–H and O–H groups in total. The molecule has 1 aromatic rings. The van der Waals surface area contributed by atoms with E-state index in [4.69, 9.17) is 4.74 Å². The first-order valence-electron chi connectivity index (χ1n) is 12.4. The van der Waals surface area contributed by atoms with Gasteiger partial charge in [0.25, 0.3) is 0 Å². The van der Waals surface area contributed by atoms with Crippen molar-refractivity contribution in [2.24, 2.45) is 5.41 Å². The van der Waals surface area contributed by atoms with E-state index in [1.807, 2.05) is 19.0 Å². The van der Waals surface area contributed by atoms with Gasteiger partial charge in [0.05, 0.1) is 6.54 Å². The zero-order valence-corrected chi connectivity index (χ0v) is 20.1. The van der Waals surface area contributed by atoms with Gasteiger partial charge in [-0.25, -0.2) is 0 Å². The van der Waals surface area contributed by atoms with Crippen molar-refractivity contribution in [2.75, 3.05) is 60.0 Å². The minimum absolute atomic E-state index is 0.279. The molecule has 0 saturated carbocycles. The van der Waals surface area contributed by atoms with E-state index in [2.05, 4.69) is 41.0 Å². The van der Waals surface area contributed by atoms with E-state index in [0.29, 0.717) is 12.0 Å². The number of benzene rings is 1. The number of piperidine rings is 1. The fourth-order valence-corrected chi connectivity index (χ4v) is 5.17. The molecular weight excluding hydrogens is 386 g/mol. The van der Waals surface area contributed by atoms with E-state index in [-0.39, 0.29) is 5.91 Å². The van der Waals surface area contributed by atoms with Crippen LogP contribution in [0.4, 0.5) is 0 Å². The van der Waals surface area contributed by atoms with Crippen molar-refractivity contribution in [3.05, 3.63) is 29.8 Å². The molecule has 3 rings (SSSR count). The average molecular weight is 430 g/mol. The number of amides is 1. The summed E-state index contributed by atoms with van der Waals surface area (Å²) in [6, 6.07) is 8.56. The molecule has 0 unspecified atom stereocenters. The molecule has 0 bridgehead atoms. The Balaban J connectivity index is 1.69. The predicted octanol–water partition coefficient (Wildman–Crippen LogP) is 4.06. The van der Waals surface area contributed by atoms with Gasteiger partial charge in [0.1, 0.15) is 12.4 Å². The molecule has 1 fully saturated rings. The number of likely N-dealkylation sites (N-methyl/N-ethyl adjacent to an activating group) is 1. The number of nitrogens with zero attached hydrogens (tertiary/aromatic N) is 3. The highest BCUT2D eigenvalue weighted by molar-refractivity contribution is 5.78. The highest BCUT2D eigenvalue weighted by Gasteiger charge is 2.37. The van der Waals surface area contributed by atoms with Crippen LogP contribution in [0.15, 0.2) is 24.3 Å². The minimum Gasteiger partial charge on any atom is -0.492 e. The van der Waals surface area contributed by atoms with Crippen LogP contribution >= 0.6 is 0 Å². The molecule has 1 aromatic carbocycles. The molecule has 2 aliphatic rings. The Labute approximate surface area is 189 Å². The van der Waals surface area contributed by atoms with E-state index < -0.39 is 0 Å². The number of aryl methyl sites for hydroxylation is 1. The summed E-state index contributed by atoms with van der Waals surface area (Å²) < 4.78 is 6.23. The third-order valence-corrected chi connectivity index (χ3v) is 7.06. The van der Waals surface area contributed by atoms with E-state index in [9.17, 15) is 4.79 Å². The molecule has 2 heterocycles. The lowest BCUT2D eigenvalue weighted by Crippen LogP contribution is -2.50. The number of para-hydroxylation sites is 1. The highest BCUT2D eigenvalue weighted by atomic mass is 16.5. The summed E-state index contributed by atoms with van der Waals surface area (Å²) in [5, 5.41) is 0. The number of hydrogen-bond acceptors (Lipinski definition) is 4. The van der Waals surface area contributed by atoms with Crippen LogP contribution in [-0.2, 0) is 11.2 Å². The first kappa shape index (κ1) is 24.1. The maximum atomic E-state index is 12.6. The van der Waals surface area contributed by atoms with Crippen molar-refractivity contribution in [3.8, 4) is 5.75 Å². The number of carbonyl (C=O) groups is 1. The fourth-order valence-electron chi connectivity index (χ4n) is 5.17. The SMILES string of the molecule is CCCCN1CCOc2ccccc2CCCCC2(CCN(C(=O)CN(C)C)CC2)C1. The van der Waals surface area contributed by atoms with Gasteiger partial charge in [-0.05, 0) is 76.2 Å². The summed E-state index contributed by atoms with van der Waals surface area (Å²) in [5.74, 6) is 1.35. The number of likely N-dealkylation sites (tertiary alicyclic amines) is 1. The molecule has 5 heteroatoms. The van der Waals surface area contributed by atoms with Crippen LogP contribution < -0.4 is 4.74 Å². The van der Waals surface area contributed by atoms with Gasteiger partial charge in [0.2, 0.25) is 5.91 Å². The molecule has 31 heavy (non-hydrogen) atoms. The van der Waals surface area contributed by atoms with Gasteiger partial charge in [0, 0.05) is 26.2 Å². The largest absolute Gasteiger partial charge is 0.492 e. The van der Waals surface area contributed by atoms with Crippen molar-refractivity contribution in [3.63, 3.8) is 0 Å². The molecule has 0 radical (unpaired) electrons. The molecule has 0 aromatic heterocycles. The number of unbranched alkanes of at least 4 members (excludes halogenated alkanes) is 1. The number of rotatable bonds is 5. The van der Waals surface area contributed by atoms with Crippen molar-refractivity contribution >= 4 is 5.91 Å². The number of ether oxygens (including phenoxy) is 1. The van der Waals surface area contributed by atoms with Crippen LogP contribution in [0.2, 0.25) is 0 Å². The highest BCUT2D eigenvalue weighted by Crippen LogP contribution is 2.38. The summed E-state index contributed by atoms with van der Waals surface area (Å²) in [7, 11) is 3.95. The molecule has 0 atom stereocenters. The van der Waals surface area contributed by atoms with Crippen LogP contribution in [-0.4, -0.2) is 80.6 Å². The summed E-state index contributed by atoms with van der Waals surface area (Å²) in [5.41, 5.74) is 1.68. The molecule has 1 saturated heterocycles. The van der Waals surface area contributed by atoms with Crippen molar-refractivity contribution in [1.82, 2.24) is 14.7 Å². The van der Waals surface area contributed by atoms with E-state index in [1.54, 1.807) is 0 Å². The van der Waals surface area contributed by atoms with Gasteiger partial charge in [-0.2, -0.15) is 0 Å². The first-order chi connectivity index (χ1) is 15.0. The van der Waals surface area contributed by atoms with Crippen LogP contribution in [0.3, 0.4) is 0 Å². The topological polar surface area (TPSA) is 36.0 Å². The molecular formula is C26H43N3O2. The maximum absolute atomic E-state index is 12.6. The molecule has 5 nitrogen and oxygen atoms in total. The van der Waals surface area contributed by atoms with E-state index in [1.165, 1.54) is 37.7 Å².